The number of sulfonamides is 1. The van der Waals surface area contributed by atoms with Gasteiger partial charge in [-0.05, 0) is 45.7 Å². The van der Waals surface area contributed by atoms with E-state index in [2.05, 4.69) is 14.8 Å². The Kier molecular flexibility index (Phi) is 8.71. The van der Waals surface area contributed by atoms with Gasteiger partial charge in [0.15, 0.2) is 6.61 Å². The van der Waals surface area contributed by atoms with Crippen molar-refractivity contribution in [2.75, 3.05) is 25.6 Å². The molecule has 0 aliphatic heterocycles. The molecule has 0 unspecified atom stereocenters. The molecule has 0 fully saturated rings. The van der Waals surface area contributed by atoms with Gasteiger partial charge in [0.2, 0.25) is 15.9 Å². The van der Waals surface area contributed by atoms with Crippen molar-refractivity contribution in [2.24, 2.45) is 0 Å². The summed E-state index contributed by atoms with van der Waals surface area (Å²) in [6.07, 6.45) is 1.38. The van der Waals surface area contributed by atoms with Crippen LogP contribution in [-0.4, -0.2) is 45.3 Å². The molecular formula is C18H28N2O6S. The van der Waals surface area contributed by atoms with Gasteiger partial charge >= 0.3 is 5.97 Å². The summed E-state index contributed by atoms with van der Waals surface area (Å²) in [4.78, 5) is 23.1. The van der Waals surface area contributed by atoms with Crippen molar-refractivity contribution in [3.8, 4) is 5.75 Å². The SMILES string of the molecule is COC(=O)COc1cccc(NC(=O)CCCCNS(=O)(=O)C(C)(C)C)c1. The van der Waals surface area contributed by atoms with Gasteiger partial charge in [0.1, 0.15) is 5.75 Å². The highest BCUT2D eigenvalue weighted by Crippen LogP contribution is 2.18. The molecule has 9 heteroatoms. The van der Waals surface area contributed by atoms with E-state index in [4.69, 9.17) is 4.74 Å². The third kappa shape index (κ3) is 8.40. The molecule has 1 amide bonds. The Bertz CT molecular complexity index is 740. The van der Waals surface area contributed by atoms with E-state index >= 15 is 0 Å². The Hall–Kier alpha value is -2.13. The van der Waals surface area contributed by atoms with Gasteiger partial charge in [0.05, 0.1) is 11.9 Å². The number of methoxy groups -OCH3 is 1. The molecule has 0 bridgehead atoms. The number of unbranched alkanes of at least 4 members (excludes halogenated alkanes) is 1. The number of anilines is 1. The van der Waals surface area contributed by atoms with E-state index < -0.39 is 20.7 Å². The van der Waals surface area contributed by atoms with Crippen LogP contribution in [-0.2, 0) is 24.3 Å². The molecule has 1 aromatic carbocycles. The maximum absolute atomic E-state index is 12.0. The van der Waals surface area contributed by atoms with E-state index in [-0.39, 0.29) is 18.9 Å². The van der Waals surface area contributed by atoms with Crippen molar-refractivity contribution in [3.05, 3.63) is 24.3 Å². The summed E-state index contributed by atoms with van der Waals surface area (Å²) < 4.78 is 35.3. The lowest BCUT2D eigenvalue weighted by molar-refractivity contribution is -0.142. The molecule has 152 valence electrons. The third-order valence-electron chi connectivity index (χ3n) is 3.63. The molecule has 0 radical (unpaired) electrons. The number of nitrogens with one attached hydrogen (secondary N) is 2. The van der Waals surface area contributed by atoms with Crippen LogP contribution < -0.4 is 14.8 Å². The molecule has 1 aromatic rings. The maximum atomic E-state index is 12.0. The molecule has 0 aliphatic carbocycles. The van der Waals surface area contributed by atoms with Crippen LogP contribution in [0.1, 0.15) is 40.0 Å². The van der Waals surface area contributed by atoms with Crippen LogP contribution in [0.25, 0.3) is 0 Å². The number of carbonyl (C=O) groups is 2. The fraction of sp³-hybridized carbons (Fsp3) is 0.556. The molecule has 0 aliphatic rings. The van der Waals surface area contributed by atoms with Crippen molar-refractivity contribution in [1.82, 2.24) is 4.72 Å². The third-order valence-corrected chi connectivity index (χ3v) is 5.83. The molecule has 0 spiro atoms. The topological polar surface area (TPSA) is 111 Å². The molecule has 0 saturated carbocycles. The molecule has 0 heterocycles. The minimum atomic E-state index is -3.36. The predicted molar refractivity (Wildman–Crippen MR) is 103 cm³/mol. The highest BCUT2D eigenvalue weighted by atomic mass is 32.2. The first-order valence-corrected chi connectivity index (χ1v) is 10.1. The minimum Gasteiger partial charge on any atom is -0.482 e. The summed E-state index contributed by atoms with van der Waals surface area (Å²) in [5.74, 6) is -0.236. The maximum Gasteiger partial charge on any atom is 0.343 e. The Balaban J connectivity index is 2.36. The van der Waals surface area contributed by atoms with Gasteiger partial charge in [0, 0.05) is 24.7 Å². The van der Waals surface area contributed by atoms with Crippen LogP contribution in [0, 0.1) is 0 Å². The van der Waals surface area contributed by atoms with Crippen LogP contribution >= 0.6 is 0 Å². The standard InChI is InChI=1S/C18H28N2O6S/c1-18(2,3)27(23,24)19-11-6-5-10-16(21)20-14-8-7-9-15(12-14)26-13-17(22)25-4/h7-9,12,19H,5-6,10-11,13H2,1-4H3,(H,20,21). The smallest absolute Gasteiger partial charge is 0.343 e. The fourth-order valence-electron chi connectivity index (χ4n) is 1.92. The lowest BCUT2D eigenvalue weighted by atomic mass is 10.2. The van der Waals surface area contributed by atoms with Gasteiger partial charge in [-0.3, -0.25) is 4.79 Å². The lowest BCUT2D eigenvalue weighted by Gasteiger charge is -2.19. The lowest BCUT2D eigenvalue weighted by Crippen LogP contribution is -2.39. The predicted octanol–water partition coefficient (Wildman–Crippen LogP) is 2.07. The van der Waals surface area contributed by atoms with Gasteiger partial charge in [-0.2, -0.15) is 0 Å². The van der Waals surface area contributed by atoms with Crippen LogP contribution in [0.2, 0.25) is 0 Å². The van der Waals surface area contributed by atoms with E-state index in [1.807, 2.05) is 0 Å². The van der Waals surface area contributed by atoms with E-state index in [0.717, 1.165) is 0 Å². The molecule has 0 saturated heterocycles. The van der Waals surface area contributed by atoms with Crippen LogP contribution in [0.15, 0.2) is 24.3 Å². The Labute approximate surface area is 160 Å². The highest BCUT2D eigenvalue weighted by Gasteiger charge is 2.27. The van der Waals surface area contributed by atoms with Crippen molar-refractivity contribution in [1.29, 1.82) is 0 Å². The molecule has 27 heavy (non-hydrogen) atoms. The van der Waals surface area contributed by atoms with E-state index in [0.29, 0.717) is 30.8 Å². The van der Waals surface area contributed by atoms with Gasteiger partial charge < -0.3 is 14.8 Å². The number of ether oxygens (including phenoxy) is 2. The molecule has 8 nitrogen and oxygen atoms in total. The number of hydrogen-bond acceptors (Lipinski definition) is 6. The Morgan fingerprint density at radius 1 is 1.15 bits per heavy atom. The number of esters is 1. The normalized spacial score (nSPS) is 11.7. The molecule has 0 aromatic heterocycles. The second kappa shape index (κ2) is 10.3. The zero-order valence-electron chi connectivity index (χ0n) is 16.2. The first-order chi connectivity index (χ1) is 12.5. The monoisotopic (exact) mass is 400 g/mol. The van der Waals surface area contributed by atoms with Crippen LogP contribution in [0.4, 0.5) is 5.69 Å². The number of amides is 1. The average molecular weight is 400 g/mol. The second-order valence-electron chi connectivity index (χ2n) is 6.91. The van der Waals surface area contributed by atoms with Crippen LogP contribution in [0.5, 0.6) is 5.75 Å². The zero-order chi connectivity index (χ0) is 20.5. The van der Waals surface area contributed by atoms with Crippen molar-refractivity contribution < 1.29 is 27.5 Å². The summed E-state index contributed by atoms with van der Waals surface area (Å²) in [6.45, 7) is 4.98. The zero-order valence-corrected chi connectivity index (χ0v) is 17.0. The van der Waals surface area contributed by atoms with Gasteiger partial charge in [-0.15, -0.1) is 0 Å². The average Bonchev–Trinajstić information content (AvgIpc) is 2.58. The highest BCUT2D eigenvalue weighted by molar-refractivity contribution is 7.90. The number of benzene rings is 1. The minimum absolute atomic E-state index is 0.182. The largest absolute Gasteiger partial charge is 0.482 e. The van der Waals surface area contributed by atoms with Crippen LogP contribution in [0.3, 0.4) is 0 Å². The van der Waals surface area contributed by atoms with Gasteiger partial charge in [-0.25, -0.2) is 17.9 Å². The first-order valence-electron chi connectivity index (χ1n) is 8.64. The van der Waals surface area contributed by atoms with E-state index in [9.17, 15) is 18.0 Å². The molecule has 1 rings (SSSR count). The van der Waals surface area contributed by atoms with Gasteiger partial charge in [-0.1, -0.05) is 6.07 Å². The molecule has 0 atom stereocenters. The van der Waals surface area contributed by atoms with E-state index in [1.54, 1.807) is 45.0 Å². The van der Waals surface area contributed by atoms with E-state index in [1.165, 1.54) is 7.11 Å². The summed E-state index contributed by atoms with van der Waals surface area (Å²) in [6, 6.07) is 6.68. The molecular weight excluding hydrogens is 372 g/mol. The first kappa shape index (κ1) is 22.9. The summed E-state index contributed by atoms with van der Waals surface area (Å²) >= 11 is 0. The molecule has 2 N–H and O–H groups in total. The number of rotatable bonds is 10. The van der Waals surface area contributed by atoms with Crippen molar-refractivity contribution in [3.63, 3.8) is 0 Å². The fourth-order valence-corrected chi connectivity index (χ4v) is 2.77. The Morgan fingerprint density at radius 3 is 2.48 bits per heavy atom. The number of hydrogen-bond donors (Lipinski definition) is 2. The summed E-state index contributed by atoms with van der Waals surface area (Å²) in [5.41, 5.74) is 0.552. The van der Waals surface area contributed by atoms with Gasteiger partial charge in [0.25, 0.3) is 0 Å². The quantitative estimate of drug-likeness (QED) is 0.459. The summed E-state index contributed by atoms with van der Waals surface area (Å²) in [5, 5.41) is 2.74. The number of carbonyl (C=O) groups excluding carboxylic acids is 2. The summed E-state index contributed by atoms with van der Waals surface area (Å²) in [7, 11) is -2.09. The van der Waals surface area contributed by atoms with Crippen molar-refractivity contribution >= 4 is 27.6 Å². The second-order valence-corrected chi connectivity index (χ2v) is 9.43. The Morgan fingerprint density at radius 2 is 1.85 bits per heavy atom. The van der Waals surface area contributed by atoms with Crippen molar-refractivity contribution in [2.45, 2.75) is 44.8 Å².